The predicted octanol–water partition coefficient (Wildman–Crippen LogP) is 3.82. The van der Waals surface area contributed by atoms with E-state index in [0.29, 0.717) is 16.5 Å². The second kappa shape index (κ2) is 7.29. The molecule has 2 N–H and O–H groups in total. The topological polar surface area (TPSA) is 75.6 Å². The van der Waals surface area contributed by atoms with Crippen molar-refractivity contribution in [3.05, 3.63) is 57.5 Å². The zero-order valence-electron chi connectivity index (χ0n) is 11.2. The van der Waals surface area contributed by atoms with Crippen LogP contribution in [-0.4, -0.2) is 23.6 Å². The Kier molecular flexibility index (Phi) is 5.41. The number of anilines is 1. The number of amides is 1. The van der Waals surface area contributed by atoms with E-state index in [4.69, 9.17) is 21.4 Å². The van der Waals surface area contributed by atoms with Crippen LogP contribution in [0.25, 0.3) is 0 Å². The Morgan fingerprint density at radius 2 is 1.86 bits per heavy atom. The minimum absolute atomic E-state index is 0.149. The van der Waals surface area contributed by atoms with Crippen molar-refractivity contribution < 1.29 is 19.4 Å². The molecule has 0 aromatic heterocycles. The van der Waals surface area contributed by atoms with E-state index >= 15 is 0 Å². The lowest BCUT2D eigenvalue weighted by Crippen LogP contribution is -2.20. The number of carbonyl (C=O) groups is 2. The van der Waals surface area contributed by atoms with Gasteiger partial charge in [-0.1, -0.05) is 27.5 Å². The van der Waals surface area contributed by atoms with E-state index in [1.165, 1.54) is 24.3 Å². The van der Waals surface area contributed by atoms with Gasteiger partial charge in [-0.2, -0.15) is 0 Å². The molecule has 0 aliphatic carbocycles. The van der Waals surface area contributed by atoms with E-state index in [2.05, 4.69) is 21.2 Å². The maximum Gasteiger partial charge on any atom is 0.335 e. The number of benzene rings is 2. The number of rotatable bonds is 5. The van der Waals surface area contributed by atoms with Gasteiger partial charge in [-0.15, -0.1) is 0 Å². The van der Waals surface area contributed by atoms with E-state index in [9.17, 15) is 9.59 Å². The van der Waals surface area contributed by atoms with E-state index in [1.54, 1.807) is 18.2 Å². The largest absolute Gasteiger partial charge is 0.482 e. The van der Waals surface area contributed by atoms with E-state index in [-0.39, 0.29) is 18.1 Å². The zero-order chi connectivity index (χ0) is 16.1. The molecule has 0 radical (unpaired) electrons. The molecule has 0 fully saturated rings. The van der Waals surface area contributed by atoms with Crippen molar-refractivity contribution in [2.45, 2.75) is 0 Å². The molecule has 114 valence electrons. The van der Waals surface area contributed by atoms with Crippen LogP contribution in [0, 0.1) is 0 Å². The SMILES string of the molecule is O=C(COc1ccc(Br)cc1Cl)Nc1ccc(C(=O)O)cc1. The minimum Gasteiger partial charge on any atom is -0.482 e. The average Bonchev–Trinajstić information content (AvgIpc) is 2.47. The quantitative estimate of drug-likeness (QED) is 0.822. The molecule has 2 aromatic carbocycles. The molecule has 1 amide bonds. The van der Waals surface area contributed by atoms with Crippen LogP contribution in [0.15, 0.2) is 46.9 Å². The lowest BCUT2D eigenvalue weighted by atomic mass is 10.2. The second-order valence-corrected chi connectivity index (χ2v) is 5.62. The number of carbonyl (C=O) groups excluding carboxylic acids is 1. The van der Waals surface area contributed by atoms with Crippen molar-refractivity contribution in [2.24, 2.45) is 0 Å². The van der Waals surface area contributed by atoms with Crippen LogP contribution < -0.4 is 10.1 Å². The first kappa shape index (κ1) is 16.3. The third-order valence-corrected chi connectivity index (χ3v) is 3.46. The Morgan fingerprint density at radius 3 is 2.45 bits per heavy atom. The summed E-state index contributed by atoms with van der Waals surface area (Å²) in [6.07, 6.45) is 0. The van der Waals surface area contributed by atoms with Gasteiger partial charge in [-0.25, -0.2) is 4.79 Å². The summed E-state index contributed by atoms with van der Waals surface area (Å²) in [6.45, 7) is -0.206. The molecule has 7 heteroatoms. The van der Waals surface area contributed by atoms with E-state index in [1.807, 2.05) is 0 Å². The highest BCUT2D eigenvalue weighted by Crippen LogP contribution is 2.27. The molecule has 2 rings (SSSR count). The number of nitrogens with one attached hydrogen (secondary N) is 1. The van der Waals surface area contributed by atoms with Crippen molar-refractivity contribution in [1.82, 2.24) is 0 Å². The molecule has 0 aliphatic rings. The highest BCUT2D eigenvalue weighted by atomic mass is 79.9. The Balaban J connectivity index is 1.91. The molecule has 0 atom stereocenters. The van der Waals surface area contributed by atoms with Gasteiger partial charge in [0.25, 0.3) is 5.91 Å². The third kappa shape index (κ3) is 4.47. The number of carboxylic acid groups (broad SMARTS) is 1. The molecule has 0 bridgehead atoms. The van der Waals surface area contributed by atoms with Crippen LogP contribution in [-0.2, 0) is 4.79 Å². The van der Waals surface area contributed by atoms with Gasteiger partial charge in [-0.3, -0.25) is 4.79 Å². The number of halogens is 2. The van der Waals surface area contributed by atoms with Gasteiger partial charge < -0.3 is 15.2 Å². The lowest BCUT2D eigenvalue weighted by molar-refractivity contribution is -0.118. The standard InChI is InChI=1S/C15H11BrClNO4/c16-10-3-6-13(12(17)7-10)22-8-14(19)18-11-4-1-9(2-5-11)15(20)21/h1-7H,8H2,(H,18,19)(H,20,21). The summed E-state index contributed by atoms with van der Waals surface area (Å²) < 4.78 is 6.14. The zero-order valence-corrected chi connectivity index (χ0v) is 13.5. The second-order valence-electron chi connectivity index (χ2n) is 4.29. The first-order valence-electron chi connectivity index (χ1n) is 6.17. The van der Waals surface area contributed by atoms with Crippen molar-refractivity contribution in [3.8, 4) is 5.75 Å². The Hall–Kier alpha value is -2.05. The molecule has 0 saturated carbocycles. The number of aromatic carboxylic acids is 1. The molecule has 0 spiro atoms. The van der Waals surface area contributed by atoms with Crippen LogP contribution >= 0.6 is 27.5 Å². The fourth-order valence-electron chi connectivity index (χ4n) is 1.63. The molecule has 5 nitrogen and oxygen atoms in total. The smallest absolute Gasteiger partial charge is 0.335 e. The van der Waals surface area contributed by atoms with Gasteiger partial charge in [0.1, 0.15) is 5.75 Å². The van der Waals surface area contributed by atoms with E-state index < -0.39 is 5.97 Å². The number of hydrogen-bond acceptors (Lipinski definition) is 3. The van der Waals surface area contributed by atoms with Crippen LogP contribution in [0.5, 0.6) is 5.75 Å². The number of carboxylic acids is 1. The molecule has 0 unspecified atom stereocenters. The summed E-state index contributed by atoms with van der Waals surface area (Å²) in [6, 6.07) is 10.9. The molecule has 2 aromatic rings. The maximum absolute atomic E-state index is 11.8. The summed E-state index contributed by atoms with van der Waals surface area (Å²) in [5.41, 5.74) is 0.636. The van der Waals surface area contributed by atoms with Crippen LogP contribution in [0.1, 0.15) is 10.4 Å². The molecule has 0 heterocycles. The fourth-order valence-corrected chi connectivity index (χ4v) is 2.36. The summed E-state index contributed by atoms with van der Waals surface area (Å²) in [4.78, 5) is 22.5. The van der Waals surface area contributed by atoms with Gasteiger partial charge in [-0.05, 0) is 42.5 Å². The van der Waals surface area contributed by atoms with Gasteiger partial charge in [0.2, 0.25) is 0 Å². The van der Waals surface area contributed by atoms with Gasteiger partial charge in [0, 0.05) is 10.2 Å². The fraction of sp³-hybridized carbons (Fsp3) is 0.0667. The van der Waals surface area contributed by atoms with E-state index in [0.717, 1.165) is 4.47 Å². The van der Waals surface area contributed by atoms with Gasteiger partial charge >= 0.3 is 5.97 Å². The maximum atomic E-state index is 11.8. The van der Waals surface area contributed by atoms with Crippen molar-refractivity contribution in [1.29, 1.82) is 0 Å². The van der Waals surface area contributed by atoms with Crippen molar-refractivity contribution in [2.75, 3.05) is 11.9 Å². The van der Waals surface area contributed by atoms with Crippen LogP contribution in [0.3, 0.4) is 0 Å². The summed E-state index contributed by atoms with van der Waals surface area (Å²) >= 11 is 9.25. The van der Waals surface area contributed by atoms with Gasteiger partial charge in [0.05, 0.1) is 10.6 Å². The Morgan fingerprint density at radius 1 is 1.18 bits per heavy atom. The monoisotopic (exact) mass is 383 g/mol. The molecule has 0 aliphatic heterocycles. The first-order valence-corrected chi connectivity index (χ1v) is 7.34. The Bertz CT molecular complexity index is 703. The molecule has 0 saturated heterocycles. The van der Waals surface area contributed by atoms with Crippen molar-refractivity contribution >= 4 is 45.1 Å². The molecule has 22 heavy (non-hydrogen) atoms. The highest BCUT2D eigenvalue weighted by Gasteiger charge is 2.08. The predicted molar refractivity (Wildman–Crippen MR) is 86.7 cm³/mol. The Labute approximate surface area is 140 Å². The van der Waals surface area contributed by atoms with Crippen molar-refractivity contribution in [3.63, 3.8) is 0 Å². The van der Waals surface area contributed by atoms with Crippen LogP contribution in [0.2, 0.25) is 5.02 Å². The molecular weight excluding hydrogens is 374 g/mol. The lowest BCUT2D eigenvalue weighted by Gasteiger charge is -2.09. The highest BCUT2D eigenvalue weighted by molar-refractivity contribution is 9.10. The minimum atomic E-state index is -1.02. The number of hydrogen-bond donors (Lipinski definition) is 2. The van der Waals surface area contributed by atoms with Crippen LogP contribution in [0.4, 0.5) is 5.69 Å². The summed E-state index contributed by atoms with van der Waals surface area (Å²) in [5, 5.41) is 11.8. The summed E-state index contributed by atoms with van der Waals surface area (Å²) in [7, 11) is 0. The first-order chi connectivity index (χ1) is 10.5. The average molecular weight is 385 g/mol. The van der Waals surface area contributed by atoms with Gasteiger partial charge in [0.15, 0.2) is 6.61 Å². The third-order valence-electron chi connectivity index (χ3n) is 2.67. The molecular formula is C15H11BrClNO4. The summed E-state index contributed by atoms with van der Waals surface area (Å²) in [5.74, 6) is -0.991. The number of ether oxygens (including phenoxy) is 1. The normalized spacial score (nSPS) is 10.1.